The number of carbonyl (C=O) groups excluding carboxylic acids is 1. The van der Waals surface area contributed by atoms with Crippen molar-refractivity contribution in [2.24, 2.45) is 0 Å². The Kier molecular flexibility index (Phi) is 5.34. The predicted molar refractivity (Wildman–Crippen MR) is 46.9 cm³/mol. The van der Waals surface area contributed by atoms with Gasteiger partial charge < -0.3 is 14.7 Å². The van der Waals surface area contributed by atoms with Crippen molar-refractivity contribution in [2.45, 2.75) is 6.18 Å². The van der Waals surface area contributed by atoms with Crippen molar-refractivity contribution in [1.29, 1.82) is 0 Å². The Labute approximate surface area is 116 Å². The van der Waals surface area contributed by atoms with Crippen molar-refractivity contribution >= 4 is 11.8 Å². The predicted octanol–water partition coefficient (Wildman–Crippen LogP) is -1.36. The maximum absolute atomic E-state index is 12.3. The fourth-order valence-corrected chi connectivity index (χ4v) is 1.23. The van der Waals surface area contributed by atoms with Gasteiger partial charge in [-0.2, -0.15) is 19.5 Å². The van der Waals surface area contributed by atoms with E-state index in [0.717, 1.165) is 16.7 Å². The van der Waals surface area contributed by atoms with Crippen LogP contribution >= 0.6 is 0 Å². The molecular weight excluding hydrogens is 248 g/mol. The number of aromatic nitrogens is 2. The van der Waals surface area contributed by atoms with E-state index < -0.39 is 11.7 Å². The minimum atomic E-state index is -4.43. The molecule has 0 unspecified atom stereocenters. The van der Waals surface area contributed by atoms with E-state index in [1.165, 1.54) is 18.5 Å². The Morgan fingerprint density at radius 3 is 2.47 bits per heavy atom. The van der Waals surface area contributed by atoms with Gasteiger partial charge in [-0.3, -0.25) is 4.98 Å². The molecule has 0 fully saturated rings. The van der Waals surface area contributed by atoms with E-state index in [1.807, 2.05) is 0 Å². The SMILES string of the molecule is O=[C-]c1ncc2ccc(C(F)(F)F)cn12.[Na+].[OH-]. The van der Waals surface area contributed by atoms with Crippen molar-refractivity contribution in [2.75, 3.05) is 0 Å². The smallest absolute Gasteiger partial charge is 0.870 e. The first kappa shape index (κ1) is 16.1. The number of halogens is 3. The van der Waals surface area contributed by atoms with Crippen LogP contribution in [-0.4, -0.2) is 21.1 Å². The summed E-state index contributed by atoms with van der Waals surface area (Å²) < 4.78 is 38.0. The summed E-state index contributed by atoms with van der Waals surface area (Å²) in [4.78, 5) is 14.0. The molecule has 0 saturated heterocycles. The number of rotatable bonds is 1. The second-order valence-corrected chi connectivity index (χ2v) is 2.89. The monoisotopic (exact) mass is 253 g/mol. The summed E-state index contributed by atoms with van der Waals surface area (Å²) in [5.74, 6) is -0.170. The molecule has 2 aromatic rings. The Hall–Kier alpha value is -0.890. The molecule has 0 saturated carbocycles. The van der Waals surface area contributed by atoms with Gasteiger partial charge >= 0.3 is 35.7 Å². The van der Waals surface area contributed by atoms with Crippen LogP contribution in [0.5, 0.6) is 0 Å². The van der Waals surface area contributed by atoms with Gasteiger partial charge in [0.25, 0.3) is 0 Å². The summed E-state index contributed by atoms with van der Waals surface area (Å²) >= 11 is 0. The molecule has 0 radical (unpaired) electrons. The van der Waals surface area contributed by atoms with Gasteiger partial charge in [0.2, 0.25) is 0 Å². The molecule has 0 aromatic carbocycles. The first-order chi connectivity index (χ1) is 7.02. The van der Waals surface area contributed by atoms with Gasteiger partial charge in [-0.05, 0) is 18.0 Å². The summed E-state index contributed by atoms with van der Waals surface area (Å²) in [6.07, 6.45) is -0.841. The van der Waals surface area contributed by atoms with E-state index in [-0.39, 0.29) is 40.9 Å². The summed E-state index contributed by atoms with van der Waals surface area (Å²) in [5, 5.41) is 0. The molecule has 0 bridgehead atoms. The number of hydrogen-bond donors (Lipinski definition) is 0. The van der Waals surface area contributed by atoms with E-state index in [4.69, 9.17) is 0 Å². The zero-order valence-electron chi connectivity index (χ0n) is 8.69. The number of nitrogens with zero attached hydrogens (tertiary/aromatic N) is 2. The molecule has 86 valence electrons. The molecule has 2 heterocycles. The minimum Gasteiger partial charge on any atom is -0.870 e. The summed E-state index contributed by atoms with van der Waals surface area (Å²) in [6.45, 7) is 0. The van der Waals surface area contributed by atoms with Gasteiger partial charge in [0.05, 0.1) is 11.1 Å². The molecular formula is C9H5F3N2NaO2-. The Morgan fingerprint density at radius 2 is 1.94 bits per heavy atom. The summed E-state index contributed by atoms with van der Waals surface area (Å²) in [5.41, 5.74) is -0.411. The molecule has 0 spiro atoms. The van der Waals surface area contributed by atoms with Gasteiger partial charge in [0.1, 0.15) is 0 Å². The van der Waals surface area contributed by atoms with Crippen LogP contribution < -0.4 is 29.6 Å². The third-order valence-corrected chi connectivity index (χ3v) is 1.95. The maximum atomic E-state index is 12.3. The van der Waals surface area contributed by atoms with Crippen LogP contribution in [0.3, 0.4) is 0 Å². The topological polar surface area (TPSA) is 64.4 Å². The average Bonchev–Trinajstić information content (AvgIpc) is 2.57. The van der Waals surface area contributed by atoms with Crippen LogP contribution in [0, 0.1) is 0 Å². The third kappa shape index (κ3) is 3.06. The van der Waals surface area contributed by atoms with E-state index in [2.05, 4.69) is 4.98 Å². The van der Waals surface area contributed by atoms with Crippen LogP contribution in [0.2, 0.25) is 0 Å². The van der Waals surface area contributed by atoms with Gasteiger partial charge in [0.15, 0.2) is 0 Å². The molecule has 8 heteroatoms. The molecule has 1 N–H and O–H groups in total. The summed E-state index contributed by atoms with van der Waals surface area (Å²) in [6, 6.07) is 2.18. The maximum Gasteiger partial charge on any atom is 1.00 e. The van der Waals surface area contributed by atoms with Gasteiger partial charge in [-0.15, -0.1) is 0 Å². The second kappa shape index (κ2) is 5.63. The van der Waals surface area contributed by atoms with Crippen LogP contribution in [0.15, 0.2) is 24.5 Å². The normalized spacial score (nSPS) is 10.5. The molecule has 0 aliphatic carbocycles. The number of hydrogen-bond acceptors (Lipinski definition) is 3. The van der Waals surface area contributed by atoms with Crippen LogP contribution in [0.1, 0.15) is 11.4 Å². The van der Waals surface area contributed by atoms with E-state index in [0.29, 0.717) is 5.52 Å². The minimum absolute atomic E-state index is 0. The van der Waals surface area contributed by atoms with Crippen LogP contribution in [-0.2, 0) is 11.0 Å². The molecule has 0 aliphatic rings. The number of pyridine rings is 1. The van der Waals surface area contributed by atoms with Crippen LogP contribution in [0.4, 0.5) is 13.2 Å². The largest absolute Gasteiger partial charge is 1.00 e. The molecule has 2 aromatic heterocycles. The molecule has 0 atom stereocenters. The van der Waals surface area contributed by atoms with Crippen molar-refractivity contribution < 1.29 is 53.0 Å². The zero-order valence-corrected chi connectivity index (χ0v) is 10.7. The Morgan fingerprint density at radius 1 is 1.29 bits per heavy atom. The molecule has 4 nitrogen and oxygen atoms in total. The fraction of sp³-hybridized carbons (Fsp3) is 0.111. The van der Waals surface area contributed by atoms with Gasteiger partial charge in [0, 0.05) is 12.4 Å². The first-order valence-corrected chi connectivity index (χ1v) is 3.95. The van der Waals surface area contributed by atoms with Gasteiger partial charge in [-0.25, -0.2) is 0 Å². The number of fused-ring (bicyclic) bond motifs is 1. The number of imidazole rings is 1. The average molecular weight is 253 g/mol. The van der Waals surface area contributed by atoms with Crippen molar-refractivity contribution in [3.8, 4) is 0 Å². The Balaban J connectivity index is 0.00000128. The quantitative estimate of drug-likeness (QED) is 0.465. The van der Waals surface area contributed by atoms with Gasteiger partial charge in [-0.1, -0.05) is 0 Å². The second-order valence-electron chi connectivity index (χ2n) is 2.89. The van der Waals surface area contributed by atoms with E-state index >= 15 is 0 Å². The van der Waals surface area contributed by atoms with Crippen molar-refractivity contribution in [1.82, 2.24) is 9.38 Å². The van der Waals surface area contributed by atoms with Crippen molar-refractivity contribution in [3.05, 3.63) is 35.9 Å². The molecule has 0 aliphatic heterocycles. The molecule has 0 amide bonds. The first-order valence-electron chi connectivity index (χ1n) is 3.95. The molecule has 2 rings (SSSR count). The van der Waals surface area contributed by atoms with Crippen LogP contribution in [0.25, 0.3) is 5.52 Å². The van der Waals surface area contributed by atoms with E-state index in [9.17, 15) is 18.0 Å². The summed E-state index contributed by atoms with van der Waals surface area (Å²) in [7, 11) is 0. The van der Waals surface area contributed by atoms with Crippen molar-refractivity contribution in [3.63, 3.8) is 0 Å². The molecule has 17 heavy (non-hydrogen) atoms. The standard InChI is InChI=1S/C9H4F3N2O.Na.H2O/c10-9(11,12)6-1-2-7-3-13-8(5-15)14(7)4-6;;/h1-4H;;1H2/q-1;+1;/p-1. The fourth-order valence-electron chi connectivity index (χ4n) is 1.23. The Bertz CT molecular complexity index is 524. The van der Waals surface area contributed by atoms with E-state index in [1.54, 1.807) is 0 Å². The third-order valence-electron chi connectivity index (χ3n) is 1.95. The zero-order chi connectivity index (χ0) is 11.1. The number of alkyl halides is 3.